The number of hydrogen-bond acceptors (Lipinski definition) is 3. The van der Waals surface area contributed by atoms with Crippen LogP contribution in [0.25, 0.3) is 0 Å². The Labute approximate surface area is 113 Å². The predicted octanol–water partition coefficient (Wildman–Crippen LogP) is 3.93. The lowest BCUT2D eigenvalue weighted by Gasteiger charge is -2.18. The maximum Gasteiger partial charge on any atom is 0.231 e. The van der Waals surface area contributed by atoms with Gasteiger partial charge in [-0.1, -0.05) is 38.3 Å². The first-order valence-electron chi connectivity index (χ1n) is 6.42. The molecule has 0 aliphatic carbocycles. The summed E-state index contributed by atoms with van der Waals surface area (Å²) in [5.74, 6) is 1.74. The third-order valence-electron chi connectivity index (χ3n) is 3.55. The molecule has 1 aromatic rings. The lowest BCUT2D eigenvalue weighted by Crippen LogP contribution is -2.06. The molecule has 1 aromatic carbocycles. The number of aliphatic hydroxyl groups excluding tert-OH is 1. The lowest BCUT2D eigenvalue weighted by molar-refractivity contribution is 0.140. The van der Waals surface area contributed by atoms with E-state index in [1.54, 1.807) is 6.07 Å². The van der Waals surface area contributed by atoms with E-state index in [2.05, 4.69) is 13.8 Å². The molecule has 0 fully saturated rings. The summed E-state index contributed by atoms with van der Waals surface area (Å²) in [6.45, 7) is 4.49. The molecule has 1 aliphatic rings. The van der Waals surface area contributed by atoms with Crippen molar-refractivity contribution in [1.29, 1.82) is 0 Å². The van der Waals surface area contributed by atoms with Crippen LogP contribution in [-0.2, 0) is 0 Å². The molecule has 0 saturated carbocycles. The van der Waals surface area contributed by atoms with E-state index in [1.807, 2.05) is 6.07 Å². The summed E-state index contributed by atoms with van der Waals surface area (Å²) >= 11 is 6.11. The van der Waals surface area contributed by atoms with Gasteiger partial charge in [0.25, 0.3) is 0 Å². The fraction of sp³-hybridized carbons (Fsp3) is 0.571. The molecule has 0 saturated heterocycles. The second-order valence-corrected chi connectivity index (χ2v) is 5.08. The molecule has 0 aromatic heterocycles. The van der Waals surface area contributed by atoms with Crippen LogP contribution in [0.2, 0.25) is 5.02 Å². The minimum atomic E-state index is -0.498. The van der Waals surface area contributed by atoms with Gasteiger partial charge in [-0.2, -0.15) is 0 Å². The van der Waals surface area contributed by atoms with Gasteiger partial charge in [0.1, 0.15) is 0 Å². The normalized spacial score (nSPS) is 15.2. The molecule has 2 rings (SSSR count). The van der Waals surface area contributed by atoms with Crippen molar-refractivity contribution in [3.63, 3.8) is 0 Å². The monoisotopic (exact) mass is 270 g/mol. The Hall–Kier alpha value is -0.930. The Kier molecular flexibility index (Phi) is 4.36. The highest BCUT2D eigenvalue weighted by Crippen LogP contribution is 2.41. The van der Waals surface area contributed by atoms with E-state index < -0.39 is 6.10 Å². The van der Waals surface area contributed by atoms with Crippen LogP contribution >= 0.6 is 11.6 Å². The minimum Gasteiger partial charge on any atom is -0.454 e. The average Bonchev–Trinajstić information content (AvgIpc) is 2.84. The molecule has 4 heteroatoms. The summed E-state index contributed by atoms with van der Waals surface area (Å²) in [5.41, 5.74) is 0.802. The van der Waals surface area contributed by atoms with Gasteiger partial charge in [0.05, 0.1) is 11.1 Å². The zero-order valence-electron chi connectivity index (χ0n) is 10.8. The highest BCUT2D eigenvalue weighted by molar-refractivity contribution is 6.32. The third-order valence-corrected chi connectivity index (χ3v) is 3.83. The van der Waals surface area contributed by atoms with Gasteiger partial charge in [0.15, 0.2) is 11.5 Å². The standard InChI is InChI=1S/C14H19ClO3/c1-3-9(4-2)5-12(16)10-6-11(15)14-13(7-10)17-8-18-14/h6-7,9,12,16H,3-5,8H2,1-2H3. The van der Waals surface area contributed by atoms with E-state index in [4.69, 9.17) is 21.1 Å². The first-order chi connectivity index (χ1) is 8.65. The number of ether oxygens (including phenoxy) is 2. The Balaban J connectivity index is 2.16. The molecule has 3 nitrogen and oxygen atoms in total. The van der Waals surface area contributed by atoms with Gasteiger partial charge >= 0.3 is 0 Å². The van der Waals surface area contributed by atoms with E-state index in [9.17, 15) is 5.11 Å². The lowest BCUT2D eigenvalue weighted by atomic mass is 9.93. The zero-order valence-corrected chi connectivity index (χ0v) is 11.5. The van der Waals surface area contributed by atoms with Crippen molar-refractivity contribution >= 4 is 11.6 Å². The average molecular weight is 271 g/mol. The van der Waals surface area contributed by atoms with Gasteiger partial charge < -0.3 is 14.6 Å². The van der Waals surface area contributed by atoms with Gasteiger partial charge in [-0.05, 0) is 30.0 Å². The molecule has 0 spiro atoms. The Morgan fingerprint density at radius 3 is 2.67 bits per heavy atom. The maximum absolute atomic E-state index is 10.3. The number of benzene rings is 1. The van der Waals surface area contributed by atoms with Crippen molar-refractivity contribution in [3.05, 3.63) is 22.7 Å². The third kappa shape index (κ3) is 2.73. The fourth-order valence-electron chi connectivity index (χ4n) is 2.25. The van der Waals surface area contributed by atoms with Crippen molar-refractivity contribution in [2.75, 3.05) is 6.79 Å². The van der Waals surface area contributed by atoms with Gasteiger partial charge in [0, 0.05) is 0 Å². The molecular weight excluding hydrogens is 252 g/mol. The Morgan fingerprint density at radius 2 is 2.00 bits per heavy atom. The van der Waals surface area contributed by atoms with Crippen LogP contribution in [0.4, 0.5) is 0 Å². The molecule has 1 atom stereocenters. The molecular formula is C14H19ClO3. The van der Waals surface area contributed by atoms with Crippen molar-refractivity contribution in [2.45, 2.75) is 39.2 Å². The number of aliphatic hydroxyl groups is 1. The van der Waals surface area contributed by atoms with Gasteiger partial charge in [-0.15, -0.1) is 0 Å². The SMILES string of the molecule is CCC(CC)CC(O)c1cc(Cl)c2c(c1)OCO2. The summed E-state index contributed by atoms with van der Waals surface area (Å²) < 4.78 is 10.6. The Bertz CT molecular complexity index is 416. The summed E-state index contributed by atoms with van der Waals surface area (Å²) in [4.78, 5) is 0. The first kappa shape index (κ1) is 13.5. The topological polar surface area (TPSA) is 38.7 Å². The molecule has 18 heavy (non-hydrogen) atoms. The number of halogens is 1. The summed E-state index contributed by atoms with van der Waals surface area (Å²) in [7, 11) is 0. The molecule has 100 valence electrons. The van der Waals surface area contributed by atoms with Gasteiger partial charge in [0.2, 0.25) is 6.79 Å². The number of rotatable bonds is 5. The first-order valence-corrected chi connectivity index (χ1v) is 6.80. The maximum atomic E-state index is 10.3. The van der Waals surface area contributed by atoms with Crippen molar-refractivity contribution < 1.29 is 14.6 Å². The van der Waals surface area contributed by atoms with E-state index in [-0.39, 0.29) is 6.79 Å². The molecule has 0 radical (unpaired) electrons. The number of hydrogen-bond donors (Lipinski definition) is 1. The highest BCUT2D eigenvalue weighted by Gasteiger charge is 2.21. The second-order valence-electron chi connectivity index (χ2n) is 4.67. The van der Waals surface area contributed by atoms with Crippen molar-refractivity contribution in [2.24, 2.45) is 5.92 Å². The van der Waals surface area contributed by atoms with E-state index in [0.717, 1.165) is 24.8 Å². The van der Waals surface area contributed by atoms with Crippen LogP contribution in [0.5, 0.6) is 11.5 Å². The van der Waals surface area contributed by atoms with Crippen LogP contribution in [0.3, 0.4) is 0 Å². The van der Waals surface area contributed by atoms with Crippen LogP contribution in [0.1, 0.15) is 44.8 Å². The molecule has 1 aliphatic heterocycles. The summed E-state index contributed by atoms with van der Waals surface area (Å²) in [6, 6.07) is 3.59. The summed E-state index contributed by atoms with van der Waals surface area (Å²) in [5, 5.41) is 10.8. The smallest absolute Gasteiger partial charge is 0.231 e. The number of fused-ring (bicyclic) bond motifs is 1. The van der Waals surface area contributed by atoms with Crippen molar-refractivity contribution in [1.82, 2.24) is 0 Å². The quantitative estimate of drug-likeness (QED) is 0.881. The summed E-state index contributed by atoms with van der Waals surface area (Å²) in [6.07, 6.45) is 2.41. The second kappa shape index (κ2) is 5.81. The molecule has 1 N–H and O–H groups in total. The van der Waals surface area contributed by atoms with Gasteiger partial charge in [-0.3, -0.25) is 0 Å². The van der Waals surface area contributed by atoms with Crippen LogP contribution in [-0.4, -0.2) is 11.9 Å². The minimum absolute atomic E-state index is 0.196. The van der Waals surface area contributed by atoms with Crippen LogP contribution in [0, 0.1) is 5.92 Å². The van der Waals surface area contributed by atoms with Gasteiger partial charge in [-0.25, -0.2) is 0 Å². The molecule has 1 unspecified atom stereocenters. The highest BCUT2D eigenvalue weighted by atomic mass is 35.5. The Morgan fingerprint density at radius 1 is 1.28 bits per heavy atom. The predicted molar refractivity (Wildman–Crippen MR) is 71.2 cm³/mol. The van der Waals surface area contributed by atoms with E-state index in [1.165, 1.54) is 0 Å². The van der Waals surface area contributed by atoms with Crippen LogP contribution in [0.15, 0.2) is 12.1 Å². The fourth-order valence-corrected chi connectivity index (χ4v) is 2.53. The largest absolute Gasteiger partial charge is 0.454 e. The van der Waals surface area contributed by atoms with Crippen LogP contribution < -0.4 is 9.47 Å². The zero-order chi connectivity index (χ0) is 13.1. The van der Waals surface area contributed by atoms with E-state index >= 15 is 0 Å². The van der Waals surface area contributed by atoms with Crippen molar-refractivity contribution in [3.8, 4) is 11.5 Å². The molecule has 1 heterocycles. The molecule has 0 bridgehead atoms. The van der Waals surface area contributed by atoms with E-state index in [0.29, 0.717) is 22.4 Å². The molecule has 0 amide bonds.